The Hall–Kier alpha value is -0.630. The molecule has 1 saturated heterocycles. The Labute approximate surface area is 123 Å². The van der Waals surface area contributed by atoms with Crippen LogP contribution in [0.2, 0.25) is 0 Å². The van der Waals surface area contributed by atoms with E-state index in [0.717, 1.165) is 6.42 Å². The third-order valence-corrected chi connectivity index (χ3v) is 3.82. The van der Waals surface area contributed by atoms with Gasteiger partial charge in [-0.05, 0) is 6.42 Å². The third kappa shape index (κ3) is 7.23. The number of ether oxygens (including phenoxy) is 2. The smallest absolute Gasteiger partial charge is 0.223 e. The summed E-state index contributed by atoms with van der Waals surface area (Å²) in [4.78, 5) is 24.5. The van der Waals surface area contributed by atoms with E-state index in [-0.39, 0.29) is 22.9 Å². The highest BCUT2D eigenvalue weighted by atomic mass is 32.2. The second-order valence-corrected chi connectivity index (χ2v) is 6.05. The van der Waals surface area contributed by atoms with Gasteiger partial charge in [0.25, 0.3) is 0 Å². The van der Waals surface area contributed by atoms with Crippen LogP contribution in [0.15, 0.2) is 0 Å². The van der Waals surface area contributed by atoms with Crippen molar-refractivity contribution in [2.24, 2.45) is 0 Å². The molecule has 20 heavy (non-hydrogen) atoms. The monoisotopic (exact) mass is 305 g/mol. The molecular weight excluding hydrogens is 282 g/mol. The Balaban J connectivity index is 2.02. The van der Waals surface area contributed by atoms with Crippen LogP contribution in [0, 0.1) is 0 Å². The van der Waals surface area contributed by atoms with Gasteiger partial charge in [0, 0.05) is 38.3 Å². The number of amides is 1. The summed E-state index contributed by atoms with van der Waals surface area (Å²) in [5.74, 6) is 0.120. The summed E-state index contributed by atoms with van der Waals surface area (Å²) in [5.41, 5.74) is 0. The quantitative estimate of drug-likeness (QED) is 0.584. The maximum atomic E-state index is 11.7. The summed E-state index contributed by atoms with van der Waals surface area (Å²) < 4.78 is 10.4. The molecule has 0 aromatic carbocycles. The molecule has 7 heteroatoms. The molecule has 0 spiro atoms. The predicted octanol–water partition coefficient (Wildman–Crippen LogP) is 0.283. The number of carbonyl (C=O) groups is 2. The average molecular weight is 305 g/mol. The summed E-state index contributed by atoms with van der Waals surface area (Å²) in [5, 5.41) is 8.67. The van der Waals surface area contributed by atoms with Gasteiger partial charge in [-0.15, -0.1) is 0 Å². The van der Waals surface area contributed by atoms with Crippen molar-refractivity contribution in [3.8, 4) is 0 Å². The molecule has 1 rings (SSSR count). The van der Waals surface area contributed by atoms with Crippen molar-refractivity contribution in [3.63, 3.8) is 0 Å². The average Bonchev–Trinajstić information content (AvgIpc) is 2.72. The number of carbonyl (C=O) groups excluding carboxylic acids is 2. The molecule has 1 unspecified atom stereocenters. The van der Waals surface area contributed by atoms with Crippen molar-refractivity contribution < 1.29 is 24.2 Å². The zero-order valence-corrected chi connectivity index (χ0v) is 12.7. The van der Waals surface area contributed by atoms with Gasteiger partial charge in [-0.1, -0.05) is 11.8 Å². The first kappa shape index (κ1) is 17.4. The lowest BCUT2D eigenvalue weighted by Gasteiger charge is -2.16. The van der Waals surface area contributed by atoms with E-state index in [2.05, 4.69) is 0 Å². The fraction of sp³-hybridized carbons (Fsp3) is 0.846. The molecule has 1 heterocycles. The molecule has 0 aliphatic carbocycles. The number of aliphatic hydroxyl groups excluding tert-OH is 1. The van der Waals surface area contributed by atoms with Gasteiger partial charge in [0.1, 0.15) is 0 Å². The SMILES string of the molecule is CC(=O)SC1CC(=O)N(CCCOCCOCCO)C1. The number of nitrogens with zero attached hydrogens (tertiary/aromatic N) is 1. The number of likely N-dealkylation sites (tertiary alicyclic amines) is 1. The Morgan fingerprint density at radius 2 is 2.05 bits per heavy atom. The van der Waals surface area contributed by atoms with Gasteiger partial charge in [0.2, 0.25) is 5.91 Å². The molecule has 0 bridgehead atoms. The third-order valence-electron chi connectivity index (χ3n) is 2.84. The van der Waals surface area contributed by atoms with E-state index in [4.69, 9.17) is 14.6 Å². The van der Waals surface area contributed by atoms with Crippen molar-refractivity contribution in [2.75, 3.05) is 46.1 Å². The second kappa shape index (κ2) is 10.1. The lowest BCUT2D eigenvalue weighted by Crippen LogP contribution is -2.27. The van der Waals surface area contributed by atoms with Gasteiger partial charge < -0.3 is 19.5 Å². The summed E-state index contributed by atoms with van der Waals surface area (Å²) in [6.45, 7) is 4.77. The predicted molar refractivity (Wildman–Crippen MR) is 76.6 cm³/mol. The molecule has 1 N–H and O–H groups in total. The molecule has 116 valence electrons. The maximum Gasteiger partial charge on any atom is 0.223 e. The Morgan fingerprint density at radius 1 is 1.35 bits per heavy atom. The highest BCUT2D eigenvalue weighted by molar-refractivity contribution is 8.14. The number of rotatable bonds is 10. The molecule has 1 aliphatic heterocycles. The largest absolute Gasteiger partial charge is 0.394 e. The molecule has 0 saturated carbocycles. The molecule has 6 nitrogen and oxygen atoms in total. The Kier molecular flexibility index (Phi) is 8.84. The lowest BCUT2D eigenvalue weighted by atomic mass is 10.4. The number of thioether (sulfide) groups is 1. The lowest BCUT2D eigenvalue weighted by molar-refractivity contribution is -0.127. The van der Waals surface area contributed by atoms with Crippen LogP contribution in [0.3, 0.4) is 0 Å². The van der Waals surface area contributed by atoms with Crippen LogP contribution in [0.4, 0.5) is 0 Å². The summed E-state index contributed by atoms with van der Waals surface area (Å²) in [6.07, 6.45) is 1.24. The van der Waals surface area contributed by atoms with Crippen LogP contribution >= 0.6 is 11.8 Å². The molecule has 1 atom stereocenters. The summed E-state index contributed by atoms with van der Waals surface area (Å²) in [7, 11) is 0. The second-order valence-electron chi connectivity index (χ2n) is 4.58. The van der Waals surface area contributed by atoms with Crippen molar-refractivity contribution in [1.29, 1.82) is 0 Å². The maximum absolute atomic E-state index is 11.7. The molecule has 0 aromatic heterocycles. The van der Waals surface area contributed by atoms with Gasteiger partial charge in [-0.25, -0.2) is 0 Å². The standard InChI is InChI=1S/C13H23NO5S/c1-11(16)20-12-9-13(17)14(10-12)3-2-5-18-7-8-19-6-4-15/h12,15H,2-10H2,1H3. The summed E-state index contributed by atoms with van der Waals surface area (Å²) in [6, 6.07) is 0. The van der Waals surface area contributed by atoms with Crippen molar-refractivity contribution >= 4 is 22.8 Å². The minimum atomic E-state index is 0.0243. The molecule has 0 radical (unpaired) electrons. The highest BCUT2D eigenvalue weighted by Gasteiger charge is 2.30. The van der Waals surface area contributed by atoms with E-state index in [9.17, 15) is 9.59 Å². The zero-order chi connectivity index (χ0) is 14.8. The van der Waals surface area contributed by atoms with Crippen LogP contribution < -0.4 is 0 Å². The van der Waals surface area contributed by atoms with E-state index in [0.29, 0.717) is 45.9 Å². The normalized spacial score (nSPS) is 18.8. The molecule has 1 fully saturated rings. The van der Waals surface area contributed by atoms with Crippen molar-refractivity contribution in [3.05, 3.63) is 0 Å². The first-order valence-corrected chi connectivity index (χ1v) is 7.72. The van der Waals surface area contributed by atoms with E-state index in [1.807, 2.05) is 0 Å². The number of hydrogen-bond acceptors (Lipinski definition) is 6. The van der Waals surface area contributed by atoms with Gasteiger partial charge in [0.05, 0.1) is 26.4 Å². The highest BCUT2D eigenvalue weighted by Crippen LogP contribution is 2.24. The summed E-state index contributed by atoms with van der Waals surface area (Å²) >= 11 is 1.25. The van der Waals surface area contributed by atoms with Crippen molar-refractivity contribution in [2.45, 2.75) is 25.0 Å². The minimum Gasteiger partial charge on any atom is -0.394 e. The van der Waals surface area contributed by atoms with Gasteiger partial charge in [-0.2, -0.15) is 0 Å². The van der Waals surface area contributed by atoms with Crippen LogP contribution in [0.1, 0.15) is 19.8 Å². The fourth-order valence-electron chi connectivity index (χ4n) is 2.01. The first-order valence-electron chi connectivity index (χ1n) is 6.85. The topological polar surface area (TPSA) is 76.1 Å². The minimum absolute atomic E-state index is 0.0243. The van der Waals surface area contributed by atoms with Crippen LogP contribution in [0.5, 0.6) is 0 Å². The molecule has 0 aromatic rings. The first-order chi connectivity index (χ1) is 9.63. The van der Waals surface area contributed by atoms with Crippen LogP contribution in [-0.4, -0.2) is 72.4 Å². The van der Waals surface area contributed by atoms with E-state index in [1.54, 1.807) is 4.90 Å². The Morgan fingerprint density at radius 3 is 2.70 bits per heavy atom. The van der Waals surface area contributed by atoms with E-state index < -0.39 is 0 Å². The van der Waals surface area contributed by atoms with Gasteiger partial charge in [-0.3, -0.25) is 9.59 Å². The molecule has 1 amide bonds. The van der Waals surface area contributed by atoms with Crippen LogP contribution in [0.25, 0.3) is 0 Å². The van der Waals surface area contributed by atoms with Crippen LogP contribution in [-0.2, 0) is 19.1 Å². The van der Waals surface area contributed by atoms with Crippen molar-refractivity contribution in [1.82, 2.24) is 4.90 Å². The zero-order valence-electron chi connectivity index (χ0n) is 11.9. The number of hydrogen-bond donors (Lipinski definition) is 1. The van der Waals surface area contributed by atoms with E-state index >= 15 is 0 Å². The Bertz CT molecular complexity index is 313. The van der Waals surface area contributed by atoms with Gasteiger partial charge >= 0.3 is 0 Å². The van der Waals surface area contributed by atoms with E-state index in [1.165, 1.54) is 18.7 Å². The molecule has 1 aliphatic rings. The fourth-order valence-corrected chi connectivity index (χ4v) is 2.96. The molecular formula is C13H23NO5S. The number of aliphatic hydroxyl groups is 1. The van der Waals surface area contributed by atoms with Gasteiger partial charge in [0.15, 0.2) is 5.12 Å².